The second kappa shape index (κ2) is 14.9. The Labute approximate surface area is 310 Å². The molecule has 0 radical (unpaired) electrons. The van der Waals surface area contributed by atoms with Crippen molar-refractivity contribution >= 4 is 50.0 Å². The number of methoxy groups -OCH3 is 1. The van der Waals surface area contributed by atoms with Crippen molar-refractivity contribution in [2.24, 2.45) is 17.8 Å². The van der Waals surface area contributed by atoms with E-state index in [0.717, 1.165) is 40.9 Å². The quantitative estimate of drug-likeness (QED) is 0.185. The van der Waals surface area contributed by atoms with Gasteiger partial charge < -0.3 is 19.7 Å². The molecule has 52 heavy (non-hydrogen) atoms. The SMILES string of the molecule is CCCCCN(C)C(=O)[C@@H]1C[C@H](Oc2cc(-c3nc(C(C)C)cs3)nc3c(C)c(OC)ccc23)C[C@H]1C(=O)N[C@]1(C(=O)NS(=O)(=O)C2CC2)C[C@H]1C. The molecule has 14 heteroatoms. The molecular formula is C38H51N5O7S2. The predicted molar refractivity (Wildman–Crippen MR) is 201 cm³/mol. The van der Waals surface area contributed by atoms with Crippen LogP contribution in [0.1, 0.15) is 96.2 Å². The lowest BCUT2D eigenvalue weighted by Gasteiger charge is -2.26. The number of thiazole rings is 1. The Morgan fingerprint density at radius 1 is 1.10 bits per heavy atom. The van der Waals surface area contributed by atoms with Crippen LogP contribution in [0.15, 0.2) is 23.6 Å². The van der Waals surface area contributed by atoms with Crippen LogP contribution in [0.2, 0.25) is 0 Å². The van der Waals surface area contributed by atoms with E-state index in [-0.39, 0.29) is 24.2 Å². The molecule has 0 unspecified atom stereocenters. The smallest absolute Gasteiger partial charge is 0.259 e. The number of nitrogens with one attached hydrogen (secondary N) is 2. The maximum absolute atomic E-state index is 14.2. The van der Waals surface area contributed by atoms with Gasteiger partial charge in [0.2, 0.25) is 21.8 Å². The van der Waals surface area contributed by atoms with Gasteiger partial charge in [-0.25, -0.2) is 18.4 Å². The van der Waals surface area contributed by atoms with Crippen molar-refractivity contribution in [2.45, 2.75) is 109 Å². The summed E-state index contributed by atoms with van der Waals surface area (Å²) in [6.07, 6.45) is 4.22. The summed E-state index contributed by atoms with van der Waals surface area (Å²) in [7, 11) is -0.416. The van der Waals surface area contributed by atoms with E-state index < -0.39 is 50.6 Å². The van der Waals surface area contributed by atoms with E-state index in [2.05, 4.69) is 30.8 Å². The second-order valence-corrected chi connectivity index (χ2v) is 18.0. The Morgan fingerprint density at radius 2 is 1.81 bits per heavy atom. The van der Waals surface area contributed by atoms with Gasteiger partial charge in [0.15, 0.2) is 0 Å². The van der Waals surface area contributed by atoms with E-state index in [1.165, 1.54) is 11.3 Å². The van der Waals surface area contributed by atoms with E-state index in [1.807, 2.05) is 37.4 Å². The molecule has 0 spiro atoms. The molecule has 5 atom stereocenters. The van der Waals surface area contributed by atoms with Crippen LogP contribution in [-0.4, -0.2) is 78.6 Å². The van der Waals surface area contributed by atoms with Crippen molar-refractivity contribution in [2.75, 3.05) is 20.7 Å². The first-order chi connectivity index (χ1) is 24.7. The highest BCUT2D eigenvalue weighted by Crippen LogP contribution is 2.46. The molecule has 3 saturated carbocycles. The molecule has 3 fully saturated rings. The highest BCUT2D eigenvalue weighted by atomic mass is 32.2. The molecule has 12 nitrogen and oxygen atoms in total. The van der Waals surface area contributed by atoms with E-state index in [1.54, 1.807) is 19.1 Å². The summed E-state index contributed by atoms with van der Waals surface area (Å²) >= 11 is 1.51. The topological polar surface area (TPSA) is 157 Å². The zero-order valence-corrected chi connectivity index (χ0v) is 32.8. The largest absolute Gasteiger partial charge is 0.496 e. The van der Waals surface area contributed by atoms with Crippen LogP contribution >= 0.6 is 11.3 Å². The number of amides is 3. The average molecular weight is 754 g/mol. The van der Waals surface area contributed by atoms with E-state index in [4.69, 9.17) is 19.4 Å². The minimum atomic E-state index is -3.80. The summed E-state index contributed by atoms with van der Waals surface area (Å²) in [4.78, 5) is 53.1. The summed E-state index contributed by atoms with van der Waals surface area (Å²) < 4.78 is 39.9. The van der Waals surface area contributed by atoms with Gasteiger partial charge in [-0.3, -0.25) is 19.1 Å². The van der Waals surface area contributed by atoms with Gasteiger partial charge in [-0.05, 0) is 69.4 Å². The molecule has 3 aliphatic carbocycles. The molecular weight excluding hydrogens is 703 g/mol. The lowest BCUT2D eigenvalue weighted by molar-refractivity contribution is -0.140. The third-order valence-electron chi connectivity index (χ3n) is 10.9. The predicted octanol–water partition coefficient (Wildman–Crippen LogP) is 5.72. The van der Waals surface area contributed by atoms with Crippen molar-refractivity contribution in [1.29, 1.82) is 0 Å². The zero-order valence-electron chi connectivity index (χ0n) is 31.2. The molecule has 282 valence electrons. The van der Waals surface area contributed by atoms with Gasteiger partial charge in [0.05, 0.1) is 35.4 Å². The van der Waals surface area contributed by atoms with Gasteiger partial charge in [-0.15, -0.1) is 11.3 Å². The summed E-state index contributed by atoms with van der Waals surface area (Å²) in [6, 6.07) is 5.66. The molecule has 6 rings (SSSR count). The van der Waals surface area contributed by atoms with E-state index >= 15 is 0 Å². The lowest BCUT2D eigenvalue weighted by Crippen LogP contribution is -2.54. The van der Waals surface area contributed by atoms with Gasteiger partial charge in [0.25, 0.3) is 5.91 Å². The van der Waals surface area contributed by atoms with E-state index in [9.17, 15) is 22.8 Å². The number of hydrogen-bond acceptors (Lipinski definition) is 10. The first-order valence-corrected chi connectivity index (χ1v) is 20.9. The minimum absolute atomic E-state index is 0.147. The molecule has 3 aromatic rings. The number of aryl methyl sites for hydroxylation is 1. The van der Waals surface area contributed by atoms with E-state index in [0.29, 0.717) is 54.9 Å². The van der Waals surface area contributed by atoms with Gasteiger partial charge >= 0.3 is 0 Å². The molecule has 0 aliphatic heterocycles. The fraction of sp³-hybridized carbons (Fsp3) is 0.605. The van der Waals surface area contributed by atoms with Gasteiger partial charge in [0, 0.05) is 36.0 Å². The van der Waals surface area contributed by atoms with Gasteiger partial charge in [-0.1, -0.05) is 40.5 Å². The van der Waals surface area contributed by atoms with Crippen LogP contribution in [-0.2, 0) is 24.4 Å². The number of rotatable bonds is 15. The third kappa shape index (κ3) is 7.64. The molecule has 3 amide bonds. The van der Waals surface area contributed by atoms with Crippen LogP contribution < -0.4 is 19.5 Å². The molecule has 0 bridgehead atoms. The number of carbonyl (C=O) groups is 3. The average Bonchev–Trinajstić information content (AvgIpc) is 3.96. The number of benzene rings is 1. The molecule has 2 aromatic heterocycles. The van der Waals surface area contributed by atoms with Crippen molar-refractivity contribution in [3.8, 4) is 22.2 Å². The Hall–Kier alpha value is -3.78. The Balaban J connectivity index is 1.30. The molecule has 2 heterocycles. The summed E-state index contributed by atoms with van der Waals surface area (Å²) in [6.45, 7) is 10.6. The van der Waals surface area contributed by atoms with Crippen molar-refractivity contribution in [3.63, 3.8) is 0 Å². The summed E-state index contributed by atoms with van der Waals surface area (Å²) in [5.74, 6) is -1.53. The fourth-order valence-corrected chi connectivity index (χ4v) is 9.57. The van der Waals surface area contributed by atoms with Gasteiger partial charge in [0.1, 0.15) is 33.8 Å². The summed E-state index contributed by atoms with van der Waals surface area (Å²) in [5.41, 5.74) is 1.85. The third-order valence-corrected chi connectivity index (χ3v) is 13.6. The first-order valence-electron chi connectivity index (χ1n) is 18.4. The highest BCUT2D eigenvalue weighted by molar-refractivity contribution is 7.91. The number of aromatic nitrogens is 2. The number of nitrogens with zero attached hydrogens (tertiary/aromatic N) is 3. The maximum Gasteiger partial charge on any atom is 0.259 e. The minimum Gasteiger partial charge on any atom is -0.496 e. The monoisotopic (exact) mass is 753 g/mol. The number of hydrogen-bond donors (Lipinski definition) is 2. The Morgan fingerprint density at radius 3 is 2.42 bits per heavy atom. The number of pyridine rings is 1. The summed E-state index contributed by atoms with van der Waals surface area (Å²) in [5, 5.41) is 5.92. The number of carbonyl (C=O) groups excluding carboxylic acids is 3. The van der Waals surface area contributed by atoms with Crippen molar-refractivity contribution in [1.82, 2.24) is 24.9 Å². The fourth-order valence-electron chi connectivity index (χ4n) is 7.26. The highest BCUT2D eigenvalue weighted by Gasteiger charge is 2.61. The molecule has 1 aromatic carbocycles. The van der Waals surface area contributed by atoms with Crippen LogP contribution in [0, 0.1) is 24.7 Å². The Kier molecular flexibility index (Phi) is 10.9. The number of ether oxygens (including phenoxy) is 2. The van der Waals surface area contributed by atoms with Crippen LogP contribution in [0.5, 0.6) is 11.5 Å². The molecule has 2 N–H and O–H groups in total. The normalized spacial score (nSPS) is 24.2. The van der Waals surface area contributed by atoms with Gasteiger partial charge in [-0.2, -0.15) is 0 Å². The van der Waals surface area contributed by atoms with Crippen molar-refractivity contribution in [3.05, 3.63) is 34.8 Å². The molecule has 3 aliphatic rings. The van der Waals surface area contributed by atoms with Crippen LogP contribution in [0.4, 0.5) is 0 Å². The number of unbranched alkanes of at least 4 members (excludes halogenated alkanes) is 2. The van der Waals surface area contributed by atoms with Crippen molar-refractivity contribution < 1.29 is 32.3 Å². The standard InChI is InChI=1S/C38H51N5O7S2/c1-8-9-10-15-43(6)36(45)28-17-24(16-27(28)34(44)41-38(19-22(38)4)37(46)42-52(47,48)25-11-12-25)50-32-18-29(35-40-30(20-51-35)21(2)3)39-33-23(5)31(49-7)14-13-26(32)33/h13-14,18,20-22,24-25,27-28H,8-12,15-17,19H2,1-7H3,(H,41,44)(H,42,46)/t22-,24-,27-,28-,38-/m1/s1. The van der Waals surface area contributed by atoms with Crippen LogP contribution in [0.25, 0.3) is 21.6 Å². The second-order valence-electron chi connectivity index (χ2n) is 15.2. The Bertz CT molecular complexity index is 1960. The molecule has 0 saturated heterocycles. The first kappa shape index (κ1) is 38.0. The van der Waals surface area contributed by atoms with Crippen LogP contribution in [0.3, 0.4) is 0 Å². The number of sulfonamides is 1. The maximum atomic E-state index is 14.2. The number of fused-ring (bicyclic) bond motifs is 1. The lowest BCUT2D eigenvalue weighted by atomic mass is 9.93. The zero-order chi connectivity index (χ0) is 37.5.